The highest BCUT2D eigenvalue weighted by Gasteiger charge is 2.31. The molecular weight excluding hydrogens is 212 g/mol. The summed E-state index contributed by atoms with van der Waals surface area (Å²) in [5.41, 5.74) is -0.816. The van der Waals surface area contributed by atoms with Crippen molar-refractivity contribution in [3.05, 3.63) is 11.9 Å². The molecule has 16 heavy (non-hydrogen) atoms. The van der Waals surface area contributed by atoms with Crippen LogP contribution in [0.5, 0.6) is 0 Å². The number of H-pyrrole nitrogens is 1. The molecule has 1 atom stereocenters. The second-order valence-corrected chi connectivity index (χ2v) is 3.76. The van der Waals surface area contributed by atoms with Crippen LogP contribution in [-0.4, -0.2) is 38.9 Å². The molecule has 0 aromatic carbocycles. The molecule has 88 valence electrons. The Balaban J connectivity index is 2.57. The van der Waals surface area contributed by atoms with E-state index in [2.05, 4.69) is 20.7 Å². The topological polar surface area (TPSA) is 108 Å². The lowest BCUT2D eigenvalue weighted by molar-refractivity contribution is -0.147. The fourth-order valence-electron chi connectivity index (χ4n) is 1.03. The molecule has 7 nitrogen and oxygen atoms in total. The first-order valence-corrected chi connectivity index (χ1v) is 4.87. The van der Waals surface area contributed by atoms with Crippen molar-refractivity contribution in [3.8, 4) is 0 Å². The fourth-order valence-corrected chi connectivity index (χ4v) is 1.03. The number of carboxylic acids is 1. The van der Waals surface area contributed by atoms with E-state index >= 15 is 0 Å². The summed E-state index contributed by atoms with van der Waals surface area (Å²) in [6.45, 7) is 3.40. The van der Waals surface area contributed by atoms with Crippen LogP contribution in [0.1, 0.15) is 30.8 Å². The highest BCUT2D eigenvalue weighted by Crippen LogP contribution is 2.19. The molecule has 1 unspecified atom stereocenters. The van der Waals surface area contributed by atoms with Crippen molar-refractivity contribution in [2.45, 2.75) is 20.3 Å². The smallest absolute Gasteiger partial charge is 0.311 e. The van der Waals surface area contributed by atoms with Gasteiger partial charge in [0.25, 0.3) is 5.91 Å². The monoisotopic (exact) mass is 226 g/mol. The summed E-state index contributed by atoms with van der Waals surface area (Å²) in [6, 6.07) is 0. The van der Waals surface area contributed by atoms with Crippen molar-refractivity contribution in [2.24, 2.45) is 5.41 Å². The molecule has 0 bridgehead atoms. The van der Waals surface area contributed by atoms with Gasteiger partial charge in [0, 0.05) is 6.54 Å². The van der Waals surface area contributed by atoms with Gasteiger partial charge in [-0.2, -0.15) is 15.4 Å². The van der Waals surface area contributed by atoms with Gasteiger partial charge in [-0.1, -0.05) is 6.92 Å². The molecular formula is C9H14N4O3. The van der Waals surface area contributed by atoms with Crippen LogP contribution in [0.25, 0.3) is 0 Å². The number of rotatable bonds is 5. The minimum absolute atomic E-state index is 0.0600. The number of aliphatic carboxylic acids is 1. The second kappa shape index (κ2) is 4.73. The van der Waals surface area contributed by atoms with Gasteiger partial charge >= 0.3 is 5.97 Å². The number of aromatic nitrogens is 3. The molecule has 0 aliphatic heterocycles. The Hall–Kier alpha value is -1.92. The number of carbonyl (C=O) groups is 2. The van der Waals surface area contributed by atoms with E-state index in [-0.39, 0.29) is 12.2 Å². The first kappa shape index (κ1) is 12.2. The van der Waals surface area contributed by atoms with Crippen molar-refractivity contribution >= 4 is 11.9 Å². The predicted molar refractivity (Wildman–Crippen MR) is 54.7 cm³/mol. The van der Waals surface area contributed by atoms with Crippen LogP contribution in [0.4, 0.5) is 0 Å². The summed E-state index contributed by atoms with van der Waals surface area (Å²) < 4.78 is 0. The Kier molecular flexibility index (Phi) is 3.60. The Labute approximate surface area is 92.2 Å². The minimum Gasteiger partial charge on any atom is -0.481 e. The lowest BCUT2D eigenvalue weighted by Gasteiger charge is -2.22. The molecule has 1 rings (SSSR count). The van der Waals surface area contributed by atoms with Crippen LogP contribution in [0.15, 0.2) is 6.20 Å². The summed E-state index contributed by atoms with van der Waals surface area (Å²) >= 11 is 0. The first-order valence-electron chi connectivity index (χ1n) is 4.87. The number of hydrogen-bond acceptors (Lipinski definition) is 4. The van der Waals surface area contributed by atoms with E-state index in [4.69, 9.17) is 5.11 Å². The molecule has 0 radical (unpaired) electrons. The van der Waals surface area contributed by atoms with Gasteiger partial charge in [-0.25, -0.2) is 0 Å². The molecule has 1 aromatic rings. The molecule has 1 heterocycles. The quantitative estimate of drug-likeness (QED) is 0.656. The fraction of sp³-hybridized carbons (Fsp3) is 0.556. The van der Waals surface area contributed by atoms with Crippen LogP contribution < -0.4 is 5.32 Å². The average Bonchev–Trinajstić information content (AvgIpc) is 2.78. The second-order valence-electron chi connectivity index (χ2n) is 3.76. The van der Waals surface area contributed by atoms with E-state index in [9.17, 15) is 9.59 Å². The number of carboxylic acid groups (broad SMARTS) is 1. The highest BCUT2D eigenvalue weighted by molar-refractivity contribution is 5.92. The van der Waals surface area contributed by atoms with E-state index in [1.807, 2.05) is 0 Å². The average molecular weight is 226 g/mol. The third-order valence-electron chi connectivity index (χ3n) is 2.58. The number of nitrogens with zero attached hydrogens (tertiary/aromatic N) is 2. The van der Waals surface area contributed by atoms with Crippen molar-refractivity contribution in [2.75, 3.05) is 6.54 Å². The molecule has 0 spiro atoms. The largest absolute Gasteiger partial charge is 0.481 e. The number of nitrogens with one attached hydrogen (secondary N) is 2. The molecule has 1 amide bonds. The van der Waals surface area contributed by atoms with Crippen LogP contribution in [0.3, 0.4) is 0 Å². The van der Waals surface area contributed by atoms with E-state index in [1.54, 1.807) is 13.8 Å². The summed E-state index contributed by atoms with van der Waals surface area (Å²) in [7, 11) is 0. The summed E-state index contributed by atoms with van der Waals surface area (Å²) in [5.74, 6) is -1.37. The predicted octanol–water partition coefficient (Wildman–Crippen LogP) is 0.0354. The van der Waals surface area contributed by atoms with E-state index in [0.29, 0.717) is 6.42 Å². The zero-order chi connectivity index (χ0) is 12.2. The third kappa shape index (κ3) is 2.56. The highest BCUT2D eigenvalue weighted by atomic mass is 16.4. The molecule has 0 fully saturated rings. The van der Waals surface area contributed by atoms with E-state index in [0.717, 1.165) is 0 Å². The summed E-state index contributed by atoms with van der Waals surface area (Å²) in [6.07, 6.45) is 1.71. The van der Waals surface area contributed by atoms with E-state index < -0.39 is 17.3 Å². The zero-order valence-corrected chi connectivity index (χ0v) is 9.15. The molecule has 7 heteroatoms. The summed E-state index contributed by atoms with van der Waals surface area (Å²) in [4.78, 5) is 22.4. The lowest BCUT2D eigenvalue weighted by atomic mass is 9.88. The van der Waals surface area contributed by atoms with Gasteiger partial charge < -0.3 is 10.4 Å². The normalized spacial score (nSPS) is 14.1. The van der Waals surface area contributed by atoms with Crippen molar-refractivity contribution in [1.29, 1.82) is 0 Å². The molecule has 0 saturated heterocycles. The first-order chi connectivity index (χ1) is 7.49. The van der Waals surface area contributed by atoms with Crippen molar-refractivity contribution < 1.29 is 14.7 Å². The maximum Gasteiger partial charge on any atom is 0.311 e. The van der Waals surface area contributed by atoms with Crippen LogP contribution >= 0.6 is 0 Å². The van der Waals surface area contributed by atoms with E-state index in [1.165, 1.54) is 6.20 Å². The molecule has 0 aliphatic rings. The van der Waals surface area contributed by atoms with Crippen LogP contribution in [0.2, 0.25) is 0 Å². The van der Waals surface area contributed by atoms with Crippen molar-refractivity contribution in [3.63, 3.8) is 0 Å². The molecule has 0 aliphatic carbocycles. The Morgan fingerprint density at radius 1 is 1.62 bits per heavy atom. The zero-order valence-electron chi connectivity index (χ0n) is 9.15. The van der Waals surface area contributed by atoms with Gasteiger partial charge in [0.05, 0.1) is 11.6 Å². The Morgan fingerprint density at radius 2 is 2.31 bits per heavy atom. The van der Waals surface area contributed by atoms with Gasteiger partial charge in [0.1, 0.15) is 0 Å². The van der Waals surface area contributed by atoms with Gasteiger partial charge in [-0.05, 0) is 13.3 Å². The maximum atomic E-state index is 11.5. The van der Waals surface area contributed by atoms with Crippen LogP contribution in [-0.2, 0) is 4.79 Å². The third-order valence-corrected chi connectivity index (χ3v) is 2.58. The van der Waals surface area contributed by atoms with Gasteiger partial charge in [0.2, 0.25) is 0 Å². The number of carbonyl (C=O) groups excluding carboxylic acids is 1. The Bertz CT molecular complexity index is 376. The molecule has 1 aromatic heterocycles. The van der Waals surface area contributed by atoms with Gasteiger partial charge in [-0.15, -0.1) is 0 Å². The Morgan fingerprint density at radius 3 is 2.75 bits per heavy atom. The number of amides is 1. The van der Waals surface area contributed by atoms with Crippen molar-refractivity contribution in [1.82, 2.24) is 20.7 Å². The molecule has 3 N–H and O–H groups in total. The van der Waals surface area contributed by atoms with Gasteiger partial charge in [0.15, 0.2) is 5.69 Å². The standard InChI is InChI=1S/C9H14N4O3/c1-3-9(2,8(15)16)5-10-7(14)6-4-11-13-12-6/h4H,3,5H2,1-2H3,(H,10,14)(H,15,16)(H,11,12,13). The molecule has 0 saturated carbocycles. The lowest BCUT2D eigenvalue weighted by Crippen LogP contribution is -2.40. The SMILES string of the molecule is CCC(C)(CNC(=O)c1cn[nH]n1)C(=O)O. The van der Waals surface area contributed by atoms with Gasteiger partial charge in [-0.3, -0.25) is 9.59 Å². The summed E-state index contributed by atoms with van der Waals surface area (Å²) in [5, 5.41) is 20.9. The maximum absolute atomic E-state index is 11.5. The number of hydrogen-bond donors (Lipinski definition) is 3. The minimum atomic E-state index is -0.959. The van der Waals surface area contributed by atoms with Crippen LogP contribution in [0, 0.1) is 5.41 Å². The number of aromatic amines is 1.